The van der Waals surface area contributed by atoms with Gasteiger partial charge >= 0.3 is 5.97 Å². The average Bonchev–Trinajstić information content (AvgIpc) is 3.45. The Kier molecular flexibility index (Phi) is 21.7. The summed E-state index contributed by atoms with van der Waals surface area (Å²) in [6, 6.07) is 0. The van der Waals surface area contributed by atoms with Crippen LogP contribution in [-0.2, 0) is 9.53 Å². The minimum absolute atomic E-state index is 0.337. The van der Waals surface area contributed by atoms with E-state index in [0.29, 0.717) is 18.6 Å². The molecule has 0 aliphatic carbocycles. The molecule has 1 aliphatic rings. The van der Waals surface area contributed by atoms with Gasteiger partial charge in [0.1, 0.15) is 0 Å². The van der Waals surface area contributed by atoms with Gasteiger partial charge in [-0.1, -0.05) is 124 Å². The van der Waals surface area contributed by atoms with Crippen LogP contribution in [0.4, 0.5) is 0 Å². The highest BCUT2D eigenvalue weighted by Gasteiger charge is 2.36. The molecule has 29 heavy (non-hydrogen) atoms. The number of aliphatic carboxylic acids is 1. The Morgan fingerprint density at radius 3 is 1.31 bits per heavy atom. The van der Waals surface area contributed by atoms with Crippen LogP contribution in [0.15, 0.2) is 0 Å². The number of carbonyl (C=O) groups is 1. The molecule has 0 aromatic carbocycles. The highest BCUT2D eigenvalue weighted by Crippen LogP contribution is 2.31. The summed E-state index contributed by atoms with van der Waals surface area (Å²) < 4.78 is 5.77. The molecule has 3 heteroatoms. The Bertz CT molecular complexity index is 323. The SMILES string of the molecule is CCCCCCCC(=O)O.CCCCCCCCC1OC1CCCCCCCC. The molecule has 1 aliphatic heterocycles. The van der Waals surface area contributed by atoms with Gasteiger partial charge in [0.15, 0.2) is 0 Å². The van der Waals surface area contributed by atoms with Crippen LogP contribution in [-0.4, -0.2) is 23.3 Å². The van der Waals surface area contributed by atoms with Gasteiger partial charge in [-0.3, -0.25) is 4.79 Å². The molecule has 0 bridgehead atoms. The van der Waals surface area contributed by atoms with Crippen molar-refractivity contribution in [3.8, 4) is 0 Å². The zero-order chi connectivity index (χ0) is 21.6. The summed E-state index contributed by atoms with van der Waals surface area (Å²) in [5.41, 5.74) is 0. The molecule has 2 atom stereocenters. The largest absolute Gasteiger partial charge is 0.481 e. The lowest BCUT2D eigenvalue weighted by atomic mass is 10.0. The average molecular weight is 413 g/mol. The Morgan fingerprint density at radius 2 is 0.931 bits per heavy atom. The molecule has 0 spiro atoms. The molecule has 0 radical (unpaired) electrons. The number of rotatable bonds is 20. The van der Waals surface area contributed by atoms with Gasteiger partial charge in [0.2, 0.25) is 0 Å². The summed E-state index contributed by atoms with van der Waals surface area (Å²) in [6.45, 7) is 6.72. The molecule has 0 aromatic heterocycles. The normalized spacial score (nSPS) is 17.6. The maximum Gasteiger partial charge on any atom is 0.303 e. The number of ether oxygens (including phenoxy) is 1. The highest BCUT2D eigenvalue weighted by atomic mass is 16.6. The van der Waals surface area contributed by atoms with Crippen LogP contribution in [0.5, 0.6) is 0 Å². The van der Waals surface area contributed by atoms with Gasteiger partial charge in [0.25, 0.3) is 0 Å². The molecule has 0 amide bonds. The van der Waals surface area contributed by atoms with Crippen LogP contribution in [0.25, 0.3) is 0 Å². The first-order chi connectivity index (χ1) is 14.2. The van der Waals surface area contributed by atoms with E-state index in [0.717, 1.165) is 12.8 Å². The first kappa shape index (κ1) is 28.4. The second kappa shape index (κ2) is 22.1. The standard InChI is InChI=1S/C18H36O.C8H16O2/c1-3-5-7-9-11-13-15-17-18(19-17)16-14-12-10-8-6-4-2;1-2-3-4-5-6-7-8(9)10/h17-18H,3-16H2,1-2H3;2-7H2,1H3,(H,9,10). The molecule has 1 heterocycles. The van der Waals surface area contributed by atoms with E-state index < -0.39 is 5.97 Å². The number of epoxide rings is 1. The van der Waals surface area contributed by atoms with Gasteiger partial charge in [-0.05, 0) is 19.3 Å². The molecule has 0 aromatic rings. The van der Waals surface area contributed by atoms with E-state index in [4.69, 9.17) is 9.84 Å². The van der Waals surface area contributed by atoms with E-state index in [1.165, 1.54) is 109 Å². The summed E-state index contributed by atoms with van der Waals surface area (Å²) >= 11 is 0. The second-order valence-corrected chi connectivity index (χ2v) is 8.88. The fourth-order valence-electron chi connectivity index (χ4n) is 3.82. The van der Waals surface area contributed by atoms with Gasteiger partial charge in [-0.25, -0.2) is 0 Å². The molecule has 174 valence electrons. The maximum absolute atomic E-state index is 10.0. The number of hydrogen-bond donors (Lipinski definition) is 1. The fraction of sp³-hybridized carbons (Fsp3) is 0.962. The van der Waals surface area contributed by atoms with Crippen LogP contribution in [0, 0.1) is 0 Å². The van der Waals surface area contributed by atoms with Gasteiger partial charge in [0, 0.05) is 6.42 Å². The number of hydrogen-bond acceptors (Lipinski definition) is 2. The molecular weight excluding hydrogens is 360 g/mol. The summed E-state index contributed by atoms with van der Waals surface area (Å²) in [6.07, 6.45) is 26.7. The van der Waals surface area contributed by atoms with Gasteiger partial charge < -0.3 is 9.84 Å². The lowest BCUT2D eigenvalue weighted by molar-refractivity contribution is -0.137. The first-order valence-electron chi connectivity index (χ1n) is 13.0. The van der Waals surface area contributed by atoms with Crippen LogP contribution in [0.2, 0.25) is 0 Å². The third kappa shape index (κ3) is 21.9. The van der Waals surface area contributed by atoms with Crippen LogP contribution in [0.3, 0.4) is 0 Å². The van der Waals surface area contributed by atoms with E-state index in [2.05, 4.69) is 20.8 Å². The minimum Gasteiger partial charge on any atom is -0.481 e. The number of carboxylic acid groups (broad SMARTS) is 1. The summed E-state index contributed by atoms with van der Waals surface area (Å²) in [7, 11) is 0. The van der Waals surface area contributed by atoms with Crippen molar-refractivity contribution < 1.29 is 14.6 Å². The Balaban J connectivity index is 0.000000665. The van der Waals surface area contributed by atoms with E-state index >= 15 is 0 Å². The Labute approximate surface area is 182 Å². The zero-order valence-corrected chi connectivity index (χ0v) is 20.1. The Hall–Kier alpha value is -0.570. The molecule has 3 nitrogen and oxygen atoms in total. The van der Waals surface area contributed by atoms with Crippen LogP contribution < -0.4 is 0 Å². The van der Waals surface area contributed by atoms with Crippen molar-refractivity contribution in [3.63, 3.8) is 0 Å². The van der Waals surface area contributed by atoms with E-state index in [1.54, 1.807) is 0 Å². The van der Waals surface area contributed by atoms with Gasteiger partial charge in [-0.15, -0.1) is 0 Å². The van der Waals surface area contributed by atoms with Crippen molar-refractivity contribution in [2.75, 3.05) is 0 Å². The lowest BCUT2D eigenvalue weighted by Gasteiger charge is -2.00. The van der Waals surface area contributed by atoms with Crippen molar-refractivity contribution in [2.24, 2.45) is 0 Å². The van der Waals surface area contributed by atoms with Crippen molar-refractivity contribution in [1.29, 1.82) is 0 Å². The maximum atomic E-state index is 10.0. The van der Waals surface area contributed by atoms with E-state index in [1.807, 2.05) is 0 Å². The molecule has 1 N–H and O–H groups in total. The molecule has 1 fully saturated rings. The predicted molar refractivity (Wildman–Crippen MR) is 126 cm³/mol. The van der Waals surface area contributed by atoms with Crippen molar-refractivity contribution in [2.45, 2.75) is 161 Å². The first-order valence-corrected chi connectivity index (χ1v) is 13.0. The third-order valence-corrected chi connectivity index (χ3v) is 5.87. The third-order valence-electron chi connectivity index (χ3n) is 5.87. The summed E-state index contributed by atoms with van der Waals surface area (Å²) in [5, 5.41) is 8.27. The predicted octanol–water partition coefficient (Wildman–Crippen LogP) is 8.69. The molecule has 1 rings (SSSR count). The van der Waals surface area contributed by atoms with Crippen molar-refractivity contribution in [3.05, 3.63) is 0 Å². The van der Waals surface area contributed by atoms with E-state index in [9.17, 15) is 4.79 Å². The van der Waals surface area contributed by atoms with Crippen molar-refractivity contribution in [1.82, 2.24) is 0 Å². The Morgan fingerprint density at radius 1 is 0.586 bits per heavy atom. The number of unbranched alkanes of at least 4 members (excludes halogenated alkanes) is 14. The quantitative estimate of drug-likeness (QED) is 0.161. The molecular formula is C26H52O3. The highest BCUT2D eigenvalue weighted by molar-refractivity contribution is 5.66. The van der Waals surface area contributed by atoms with E-state index in [-0.39, 0.29) is 0 Å². The zero-order valence-electron chi connectivity index (χ0n) is 20.1. The summed E-state index contributed by atoms with van der Waals surface area (Å²) in [4.78, 5) is 10.0. The van der Waals surface area contributed by atoms with Crippen LogP contribution >= 0.6 is 0 Å². The molecule has 1 saturated heterocycles. The lowest BCUT2D eigenvalue weighted by Crippen LogP contribution is -1.94. The smallest absolute Gasteiger partial charge is 0.303 e. The van der Waals surface area contributed by atoms with Gasteiger partial charge in [0.05, 0.1) is 12.2 Å². The fourth-order valence-corrected chi connectivity index (χ4v) is 3.82. The number of carboxylic acids is 1. The second-order valence-electron chi connectivity index (χ2n) is 8.88. The topological polar surface area (TPSA) is 49.8 Å². The molecule has 0 saturated carbocycles. The minimum atomic E-state index is -0.670. The van der Waals surface area contributed by atoms with Crippen molar-refractivity contribution >= 4 is 5.97 Å². The van der Waals surface area contributed by atoms with Crippen LogP contribution in [0.1, 0.15) is 149 Å². The van der Waals surface area contributed by atoms with Gasteiger partial charge in [-0.2, -0.15) is 0 Å². The summed E-state index contributed by atoms with van der Waals surface area (Å²) in [5.74, 6) is -0.670. The molecule has 2 unspecified atom stereocenters. The monoisotopic (exact) mass is 412 g/mol.